The van der Waals surface area contributed by atoms with Gasteiger partial charge in [-0.3, -0.25) is 0 Å². The van der Waals surface area contributed by atoms with Crippen LogP contribution in [0.2, 0.25) is 0 Å². The molecule has 0 spiro atoms. The van der Waals surface area contributed by atoms with Crippen LogP contribution in [0.25, 0.3) is 78.0 Å². The number of hydrogen-bond acceptors (Lipinski definition) is 4. The number of rotatable bonds is 5. The molecule has 1 aromatic heterocycles. The van der Waals surface area contributed by atoms with Crippen LogP contribution in [0, 0.1) is 11.3 Å². The number of fused-ring (bicyclic) bond motifs is 3. The SMILES string of the molecule is N#Cc1cc(-c2cccc(-c3nc(-c4ccccc4)nc(-c4ccccc4)n3)c2)cc(-c2cc3ccccc3c3ccccc23)c1. The summed E-state index contributed by atoms with van der Waals surface area (Å²) in [6.45, 7) is 0. The van der Waals surface area contributed by atoms with E-state index >= 15 is 0 Å². The summed E-state index contributed by atoms with van der Waals surface area (Å²) in [6, 6.07) is 55.8. The largest absolute Gasteiger partial charge is 0.208 e. The van der Waals surface area contributed by atoms with Gasteiger partial charge in [0.2, 0.25) is 0 Å². The van der Waals surface area contributed by atoms with Crippen LogP contribution in [0.1, 0.15) is 5.56 Å². The molecule has 4 heteroatoms. The zero-order chi connectivity index (χ0) is 30.9. The Labute approximate surface area is 266 Å². The van der Waals surface area contributed by atoms with E-state index in [2.05, 4.69) is 78.9 Å². The predicted octanol–water partition coefficient (Wildman–Crippen LogP) is 10.4. The van der Waals surface area contributed by atoms with E-state index in [1.807, 2.05) is 84.9 Å². The van der Waals surface area contributed by atoms with Crippen LogP contribution in [0.5, 0.6) is 0 Å². The molecule has 0 bridgehead atoms. The molecule has 0 aliphatic rings. The van der Waals surface area contributed by atoms with Gasteiger partial charge in [-0.2, -0.15) is 5.26 Å². The monoisotopic (exact) mass is 586 g/mol. The molecule has 8 aromatic rings. The second-order valence-corrected chi connectivity index (χ2v) is 11.2. The lowest BCUT2D eigenvalue weighted by Gasteiger charge is -2.13. The molecule has 7 aromatic carbocycles. The van der Waals surface area contributed by atoms with Gasteiger partial charge in [0.25, 0.3) is 0 Å². The Morgan fingerprint density at radius 2 is 0.870 bits per heavy atom. The van der Waals surface area contributed by atoms with E-state index < -0.39 is 0 Å². The Hall–Kier alpha value is -6.44. The first-order chi connectivity index (χ1) is 22.7. The van der Waals surface area contributed by atoms with E-state index in [-0.39, 0.29) is 0 Å². The van der Waals surface area contributed by atoms with E-state index in [4.69, 9.17) is 15.0 Å². The summed E-state index contributed by atoms with van der Waals surface area (Å²) in [5.41, 5.74) is 7.35. The maximum absolute atomic E-state index is 10.1. The highest BCUT2D eigenvalue weighted by Crippen LogP contribution is 2.37. The predicted molar refractivity (Wildman–Crippen MR) is 187 cm³/mol. The van der Waals surface area contributed by atoms with Gasteiger partial charge in [0.15, 0.2) is 17.5 Å². The number of aromatic nitrogens is 3. The minimum absolute atomic E-state index is 0.590. The number of nitrogens with zero attached hydrogens (tertiary/aromatic N) is 4. The summed E-state index contributed by atoms with van der Waals surface area (Å²) in [5, 5.41) is 14.8. The lowest BCUT2D eigenvalue weighted by atomic mass is 9.90. The van der Waals surface area contributed by atoms with Crippen molar-refractivity contribution in [3.63, 3.8) is 0 Å². The van der Waals surface area contributed by atoms with Gasteiger partial charge in [-0.05, 0) is 74.1 Å². The standard InChI is InChI=1S/C42H26N4/c43-27-28-22-34(25-35(23-28)39-26-32-16-7-8-19-36(32)37-20-9-10-21-38(37)39)31-17-11-18-33(24-31)42-45-40(29-12-3-1-4-13-29)44-41(46-42)30-14-5-2-6-15-30/h1-26H. The Morgan fingerprint density at radius 3 is 1.54 bits per heavy atom. The van der Waals surface area contributed by atoms with E-state index in [1.54, 1.807) is 0 Å². The zero-order valence-corrected chi connectivity index (χ0v) is 24.8. The lowest BCUT2D eigenvalue weighted by molar-refractivity contribution is 1.07. The van der Waals surface area contributed by atoms with Gasteiger partial charge in [0.1, 0.15) is 0 Å². The summed E-state index contributed by atoms with van der Waals surface area (Å²) in [7, 11) is 0. The Morgan fingerprint density at radius 1 is 0.370 bits per heavy atom. The minimum atomic E-state index is 0.590. The van der Waals surface area contributed by atoms with Gasteiger partial charge >= 0.3 is 0 Å². The molecule has 0 amide bonds. The van der Waals surface area contributed by atoms with Crippen LogP contribution in [-0.2, 0) is 0 Å². The molecule has 0 radical (unpaired) electrons. The van der Waals surface area contributed by atoms with Gasteiger partial charge < -0.3 is 0 Å². The maximum atomic E-state index is 10.1. The van der Waals surface area contributed by atoms with Crippen molar-refractivity contribution in [2.24, 2.45) is 0 Å². The van der Waals surface area contributed by atoms with Crippen molar-refractivity contribution in [1.82, 2.24) is 15.0 Å². The molecule has 0 unspecified atom stereocenters. The van der Waals surface area contributed by atoms with Crippen molar-refractivity contribution < 1.29 is 0 Å². The summed E-state index contributed by atoms with van der Waals surface area (Å²) in [5.74, 6) is 1.82. The van der Waals surface area contributed by atoms with Gasteiger partial charge in [0.05, 0.1) is 11.6 Å². The molecule has 46 heavy (non-hydrogen) atoms. The van der Waals surface area contributed by atoms with Gasteiger partial charge in [-0.25, -0.2) is 15.0 Å². The number of hydrogen-bond donors (Lipinski definition) is 0. The first kappa shape index (κ1) is 27.1. The highest BCUT2D eigenvalue weighted by Gasteiger charge is 2.15. The Bertz CT molecular complexity index is 2370. The molecule has 0 fully saturated rings. The molecule has 0 N–H and O–H groups in total. The third-order valence-corrected chi connectivity index (χ3v) is 8.29. The molecule has 0 atom stereocenters. The summed E-state index contributed by atoms with van der Waals surface area (Å²) in [4.78, 5) is 14.7. The molecule has 0 saturated carbocycles. The average molecular weight is 587 g/mol. The molecule has 0 saturated heterocycles. The average Bonchev–Trinajstić information content (AvgIpc) is 3.15. The highest BCUT2D eigenvalue weighted by molar-refractivity contribution is 6.13. The zero-order valence-electron chi connectivity index (χ0n) is 24.8. The summed E-state index contributed by atoms with van der Waals surface area (Å²) >= 11 is 0. The van der Waals surface area contributed by atoms with Gasteiger partial charge in [-0.15, -0.1) is 0 Å². The van der Waals surface area contributed by atoms with Crippen LogP contribution < -0.4 is 0 Å². The molecule has 214 valence electrons. The van der Waals surface area contributed by atoms with Crippen molar-refractivity contribution in [2.75, 3.05) is 0 Å². The van der Waals surface area contributed by atoms with Crippen molar-refractivity contribution in [2.45, 2.75) is 0 Å². The first-order valence-electron chi connectivity index (χ1n) is 15.2. The highest BCUT2D eigenvalue weighted by atomic mass is 15.0. The Kier molecular flexibility index (Phi) is 6.83. The fourth-order valence-electron chi connectivity index (χ4n) is 6.08. The van der Waals surface area contributed by atoms with E-state index in [1.165, 1.54) is 16.2 Å². The van der Waals surface area contributed by atoms with Crippen molar-refractivity contribution in [1.29, 1.82) is 5.26 Å². The fraction of sp³-hybridized carbons (Fsp3) is 0. The normalized spacial score (nSPS) is 11.0. The quantitative estimate of drug-likeness (QED) is 0.188. The van der Waals surface area contributed by atoms with E-state index in [0.717, 1.165) is 44.3 Å². The number of benzene rings is 7. The third-order valence-electron chi connectivity index (χ3n) is 8.29. The minimum Gasteiger partial charge on any atom is -0.208 e. The summed E-state index contributed by atoms with van der Waals surface area (Å²) < 4.78 is 0. The topological polar surface area (TPSA) is 62.5 Å². The molecule has 4 nitrogen and oxygen atoms in total. The second kappa shape index (κ2) is 11.6. The smallest absolute Gasteiger partial charge is 0.164 e. The van der Waals surface area contributed by atoms with Crippen molar-refractivity contribution in [3.8, 4) is 62.5 Å². The molecule has 1 heterocycles. The Balaban J connectivity index is 1.28. The van der Waals surface area contributed by atoms with Crippen molar-refractivity contribution >= 4 is 21.5 Å². The first-order valence-corrected chi connectivity index (χ1v) is 15.2. The molecular formula is C42H26N4. The van der Waals surface area contributed by atoms with Crippen LogP contribution in [0.15, 0.2) is 158 Å². The van der Waals surface area contributed by atoms with Gasteiger partial charge in [-0.1, -0.05) is 127 Å². The van der Waals surface area contributed by atoms with Crippen LogP contribution in [0.4, 0.5) is 0 Å². The molecule has 8 rings (SSSR count). The van der Waals surface area contributed by atoms with Crippen LogP contribution in [0.3, 0.4) is 0 Å². The summed E-state index contributed by atoms with van der Waals surface area (Å²) in [6.07, 6.45) is 0. The van der Waals surface area contributed by atoms with Gasteiger partial charge in [0, 0.05) is 16.7 Å². The van der Waals surface area contributed by atoms with E-state index in [0.29, 0.717) is 23.0 Å². The number of nitriles is 1. The second-order valence-electron chi connectivity index (χ2n) is 11.2. The molecule has 0 aliphatic heterocycles. The maximum Gasteiger partial charge on any atom is 0.164 e. The fourth-order valence-corrected chi connectivity index (χ4v) is 6.08. The molecular weight excluding hydrogens is 560 g/mol. The van der Waals surface area contributed by atoms with Crippen LogP contribution >= 0.6 is 0 Å². The van der Waals surface area contributed by atoms with Crippen molar-refractivity contribution in [3.05, 3.63) is 163 Å². The lowest BCUT2D eigenvalue weighted by Crippen LogP contribution is -2.00. The van der Waals surface area contributed by atoms with E-state index in [9.17, 15) is 5.26 Å². The molecule has 0 aliphatic carbocycles. The third kappa shape index (κ3) is 5.06. The van der Waals surface area contributed by atoms with Crippen LogP contribution in [-0.4, -0.2) is 15.0 Å².